The van der Waals surface area contributed by atoms with Gasteiger partial charge in [-0.15, -0.1) is 11.6 Å². The number of carbonyl (C=O) groups is 1. The van der Waals surface area contributed by atoms with E-state index in [9.17, 15) is 4.79 Å². The summed E-state index contributed by atoms with van der Waals surface area (Å²) in [5, 5.41) is 0. The molecule has 82 valence electrons. The highest BCUT2D eigenvalue weighted by atomic mass is 79.9. The highest BCUT2D eigenvalue weighted by Gasteiger charge is 2.12. The summed E-state index contributed by atoms with van der Waals surface area (Å²) in [5.41, 5.74) is 0.590. The van der Waals surface area contributed by atoms with E-state index in [-0.39, 0.29) is 5.78 Å². The third-order valence-electron chi connectivity index (χ3n) is 1.86. The standard InChI is InChI=1S/C11H12BrClO2/c1-2-15-11-4-3-8(12)7-9(11)10(14)5-6-13/h3-4,7H,2,5-6H2,1H3. The lowest BCUT2D eigenvalue weighted by Gasteiger charge is -2.09. The van der Waals surface area contributed by atoms with Crippen LogP contribution in [-0.4, -0.2) is 18.3 Å². The van der Waals surface area contributed by atoms with Gasteiger partial charge in [-0.3, -0.25) is 4.79 Å². The Bertz CT molecular complexity index is 352. The Hall–Kier alpha value is -0.540. The van der Waals surface area contributed by atoms with Gasteiger partial charge in [0.05, 0.1) is 12.2 Å². The first-order valence-corrected chi connectivity index (χ1v) is 6.03. The molecule has 2 nitrogen and oxygen atoms in total. The number of Topliss-reactive ketones (excluding diaryl/α,β-unsaturated/α-hetero) is 1. The zero-order valence-corrected chi connectivity index (χ0v) is 10.8. The van der Waals surface area contributed by atoms with E-state index in [2.05, 4.69) is 15.9 Å². The van der Waals surface area contributed by atoms with Crippen molar-refractivity contribution in [3.05, 3.63) is 28.2 Å². The Balaban J connectivity index is 3.00. The van der Waals surface area contributed by atoms with Crippen molar-refractivity contribution in [1.82, 2.24) is 0 Å². The van der Waals surface area contributed by atoms with E-state index in [1.54, 1.807) is 12.1 Å². The van der Waals surface area contributed by atoms with Crippen molar-refractivity contribution in [2.75, 3.05) is 12.5 Å². The summed E-state index contributed by atoms with van der Waals surface area (Å²) < 4.78 is 6.24. The summed E-state index contributed by atoms with van der Waals surface area (Å²) in [6.07, 6.45) is 0.331. The minimum Gasteiger partial charge on any atom is -0.493 e. The summed E-state index contributed by atoms with van der Waals surface area (Å²) in [6, 6.07) is 5.40. The molecule has 1 rings (SSSR count). The number of alkyl halides is 1. The van der Waals surface area contributed by atoms with E-state index >= 15 is 0 Å². The van der Waals surface area contributed by atoms with Crippen LogP contribution in [-0.2, 0) is 0 Å². The molecule has 0 fully saturated rings. The van der Waals surface area contributed by atoms with E-state index in [0.717, 1.165) is 4.47 Å². The van der Waals surface area contributed by atoms with Crippen LogP contribution in [0.1, 0.15) is 23.7 Å². The fraction of sp³-hybridized carbons (Fsp3) is 0.364. The van der Waals surface area contributed by atoms with Crippen LogP contribution in [0.25, 0.3) is 0 Å². The summed E-state index contributed by atoms with van der Waals surface area (Å²) in [4.78, 5) is 11.7. The number of carbonyl (C=O) groups excluding carboxylic acids is 1. The maximum Gasteiger partial charge on any atom is 0.167 e. The molecule has 0 spiro atoms. The zero-order chi connectivity index (χ0) is 11.3. The molecule has 1 aromatic rings. The van der Waals surface area contributed by atoms with Gasteiger partial charge in [-0.25, -0.2) is 0 Å². The predicted octanol–water partition coefficient (Wildman–Crippen LogP) is 3.66. The fourth-order valence-corrected chi connectivity index (χ4v) is 1.75. The van der Waals surface area contributed by atoms with Gasteiger partial charge in [0, 0.05) is 16.8 Å². The normalized spacial score (nSPS) is 10.1. The van der Waals surface area contributed by atoms with E-state index in [4.69, 9.17) is 16.3 Å². The third kappa shape index (κ3) is 3.50. The molecule has 0 atom stereocenters. The highest BCUT2D eigenvalue weighted by Crippen LogP contribution is 2.24. The largest absolute Gasteiger partial charge is 0.493 e. The molecule has 0 radical (unpaired) electrons. The Labute approximate surface area is 103 Å². The van der Waals surface area contributed by atoms with Crippen LogP contribution >= 0.6 is 27.5 Å². The Morgan fingerprint density at radius 2 is 2.27 bits per heavy atom. The van der Waals surface area contributed by atoms with Crippen molar-refractivity contribution in [1.29, 1.82) is 0 Å². The molecule has 0 bridgehead atoms. The Morgan fingerprint density at radius 1 is 1.53 bits per heavy atom. The minimum atomic E-state index is 0.00903. The lowest BCUT2D eigenvalue weighted by Crippen LogP contribution is -2.04. The molecule has 0 saturated carbocycles. The quantitative estimate of drug-likeness (QED) is 0.611. The molecular formula is C11H12BrClO2. The van der Waals surface area contributed by atoms with Gasteiger partial charge in [-0.1, -0.05) is 15.9 Å². The molecule has 0 heterocycles. The fourth-order valence-electron chi connectivity index (χ4n) is 1.22. The molecule has 0 N–H and O–H groups in total. The van der Waals surface area contributed by atoms with E-state index in [1.807, 2.05) is 13.0 Å². The van der Waals surface area contributed by atoms with Gasteiger partial charge in [-0.05, 0) is 25.1 Å². The van der Waals surface area contributed by atoms with E-state index in [1.165, 1.54) is 0 Å². The first-order chi connectivity index (χ1) is 7.19. The topological polar surface area (TPSA) is 26.3 Å². The molecule has 0 unspecified atom stereocenters. The van der Waals surface area contributed by atoms with Crippen LogP contribution in [0, 0.1) is 0 Å². The first-order valence-electron chi connectivity index (χ1n) is 4.70. The van der Waals surface area contributed by atoms with E-state index < -0.39 is 0 Å². The number of ketones is 1. The van der Waals surface area contributed by atoms with Crippen LogP contribution in [0.15, 0.2) is 22.7 Å². The van der Waals surface area contributed by atoms with Gasteiger partial charge in [0.1, 0.15) is 5.75 Å². The van der Waals surface area contributed by atoms with Crippen LogP contribution in [0.3, 0.4) is 0 Å². The molecule has 0 aliphatic rings. The van der Waals surface area contributed by atoms with Crippen LogP contribution in [0.5, 0.6) is 5.75 Å². The van der Waals surface area contributed by atoms with Crippen LogP contribution in [0.2, 0.25) is 0 Å². The number of ether oxygens (including phenoxy) is 1. The Morgan fingerprint density at radius 3 is 2.87 bits per heavy atom. The molecule has 0 aromatic heterocycles. The molecule has 1 aromatic carbocycles. The smallest absolute Gasteiger partial charge is 0.167 e. The number of hydrogen-bond donors (Lipinski definition) is 0. The molecular weight excluding hydrogens is 279 g/mol. The van der Waals surface area contributed by atoms with Gasteiger partial charge >= 0.3 is 0 Å². The maximum atomic E-state index is 11.7. The van der Waals surface area contributed by atoms with Gasteiger partial charge in [0.2, 0.25) is 0 Å². The molecule has 4 heteroatoms. The van der Waals surface area contributed by atoms with Gasteiger partial charge in [0.25, 0.3) is 0 Å². The maximum absolute atomic E-state index is 11.7. The average molecular weight is 292 g/mol. The molecule has 0 amide bonds. The Kier molecular flexibility index (Phi) is 5.12. The van der Waals surface area contributed by atoms with Crippen molar-refractivity contribution in [3.8, 4) is 5.75 Å². The SMILES string of the molecule is CCOc1ccc(Br)cc1C(=O)CCCl. The van der Waals surface area contributed by atoms with Crippen molar-refractivity contribution in [2.45, 2.75) is 13.3 Å². The van der Waals surface area contributed by atoms with Gasteiger partial charge in [0.15, 0.2) is 5.78 Å². The molecule has 15 heavy (non-hydrogen) atoms. The lowest BCUT2D eigenvalue weighted by atomic mass is 10.1. The second-order valence-electron chi connectivity index (χ2n) is 2.94. The van der Waals surface area contributed by atoms with Crippen LogP contribution < -0.4 is 4.74 Å². The minimum absolute atomic E-state index is 0.00903. The molecule has 0 aliphatic carbocycles. The van der Waals surface area contributed by atoms with Crippen LogP contribution in [0.4, 0.5) is 0 Å². The van der Waals surface area contributed by atoms with Crippen molar-refractivity contribution in [3.63, 3.8) is 0 Å². The number of halogens is 2. The van der Waals surface area contributed by atoms with Gasteiger partial charge < -0.3 is 4.74 Å². The monoisotopic (exact) mass is 290 g/mol. The number of rotatable bonds is 5. The molecule has 0 aliphatic heterocycles. The summed E-state index contributed by atoms with van der Waals surface area (Å²) >= 11 is 8.87. The second-order valence-corrected chi connectivity index (χ2v) is 4.23. The zero-order valence-electron chi connectivity index (χ0n) is 8.43. The highest BCUT2D eigenvalue weighted by molar-refractivity contribution is 9.10. The summed E-state index contributed by atoms with van der Waals surface area (Å²) in [6.45, 7) is 2.43. The predicted molar refractivity (Wildman–Crippen MR) is 65.0 cm³/mol. The lowest BCUT2D eigenvalue weighted by molar-refractivity contribution is 0.0985. The second kappa shape index (κ2) is 6.13. The average Bonchev–Trinajstić information content (AvgIpc) is 2.21. The summed E-state index contributed by atoms with van der Waals surface area (Å²) in [5.74, 6) is 0.960. The first kappa shape index (κ1) is 12.5. The van der Waals surface area contributed by atoms with Crippen molar-refractivity contribution >= 4 is 33.3 Å². The molecule has 0 saturated heterocycles. The van der Waals surface area contributed by atoms with Gasteiger partial charge in [-0.2, -0.15) is 0 Å². The number of hydrogen-bond acceptors (Lipinski definition) is 2. The van der Waals surface area contributed by atoms with Crippen molar-refractivity contribution in [2.24, 2.45) is 0 Å². The summed E-state index contributed by atoms with van der Waals surface area (Å²) in [7, 11) is 0. The third-order valence-corrected chi connectivity index (χ3v) is 2.55. The van der Waals surface area contributed by atoms with E-state index in [0.29, 0.717) is 30.2 Å². The van der Waals surface area contributed by atoms with Crippen molar-refractivity contribution < 1.29 is 9.53 Å². The number of benzene rings is 1.